The number of carbonyl (C=O) groups is 1. The molecule has 19 heavy (non-hydrogen) atoms. The van der Waals surface area contributed by atoms with E-state index in [4.69, 9.17) is 4.74 Å². The molecule has 104 valence electrons. The molecule has 1 aromatic carbocycles. The molecular formula is C16H22O3. The summed E-state index contributed by atoms with van der Waals surface area (Å²) in [6.45, 7) is 6.62. The Balaban J connectivity index is 2.05. The number of phenols is 1. The summed E-state index contributed by atoms with van der Waals surface area (Å²) in [5.74, 6) is 0.120. The van der Waals surface area contributed by atoms with Crippen molar-refractivity contribution in [3.63, 3.8) is 0 Å². The Morgan fingerprint density at radius 3 is 2.63 bits per heavy atom. The highest BCUT2D eigenvalue weighted by Gasteiger charge is 2.34. The summed E-state index contributed by atoms with van der Waals surface area (Å²) < 4.78 is 5.57. The van der Waals surface area contributed by atoms with Crippen molar-refractivity contribution in [1.29, 1.82) is 0 Å². The summed E-state index contributed by atoms with van der Waals surface area (Å²) in [5, 5.41) is 9.66. The fourth-order valence-corrected chi connectivity index (χ4v) is 3.21. The van der Waals surface area contributed by atoms with E-state index in [1.54, 1.807) is 18.2 Å². The van der Waals surface area contributed by atoms with Crippen molar-refractivity contribution in [1.82, 2.24) is 0 Å². The molecular weight excluding hydrogens is 240 g/mol. The molecule has 0 spiro atoms. The van der Waals surface area contributed by atoms with E-state index < -0.39 is 5.97 Å². The molecule has 2 atom stereocenters. The predicted octanol–water partition coefficient (Wildman–Crippen LogP) is 3.76. The van der Waals surface area contributed by atoms with E-state index in [1.165, 1.54) is 6.07 Å². The zero-order valence-corrected chi connectivity index (χ0v) is 11.8. The van der Waals surface area contributed by atoms with Gasteiger partial charge in [-0.1, -0.05) is 32.9 Å². The topological polar surface area (TPSA) is 46.5 Å². The lowest BCUT2D eigenvalue weighted by Crippen LogP contribution is -2.34. The number of esters is 1. The molecule has 0 aromatic heterocycles. The lowest BCUT2D eigenvalue weighted by atomic mass is 9.71. The van der Waals surface area contributed by atoms with Crippen molar-refractivity contribution in [3.05, 3.63) is 29.8 Å². The van der Waals surface area contributed by atoms with Crippen LogP contribution in [-0.2, 0) is 4.74 Å². The van der Waals surface area contributed by atoms with E-state index in [9.17, 15) is 9.90 Å². The lowest BCUT2D eigenvalue weighted by Gasteiger charge is -2.38. The van der Waals surface area contributed by atoms with Crippen LogP contribution in [0.4, 0.5) is 0 Å². The molecule has 0 heterocycles. The van der Waals surface area contributed by atoms with Crippen LogP contribution in [0.15, 0.2) is 24.3 Å². The molecule has 1 aliphatic rings. The minimum atomic E-state index is -0.423. The molecule has 0 aliphatic heterocycles. The zero-order valence-electron chi connectivity index (χ0n) is 11.8. The molecule has 1 fully saturated rings. The average Bonchev–Trinajstić information content (AvgIpc) is 2.26. The second-order valence-electron chi connectivity index (χ2n) is 6.46. The maximum atomic E-state index is 12.1. The van der Waals surface area contributed by atoms with Crippen LogP contribution in [0, 0.1) is 11.3 Å². The highest BCUT2D eigenvalue weighted by Crippen LogP contribution is 2.40. The Morgan fingerprint density at radius 1 is 1.32 bits per heavy atom. The molecule has 3 nitrogen and oxygen atoms in total. The smallest absolute Gasteiger partial charge is 0.342 e. The van der Waals surface area contributed by atoms with Crippen molar-refractivity contribution in [2.75, 3.05) is 0 Å². The molecule has 0 radical (unpaired) electrons. The second-order valence-corrected chi connectivity index (χ2v) is 6.46. The largest absolute Gasteiger partial charge is 0.507 e. The molecule has 1 N–H and O–H groups in total. The van der Waals surface area contributed by atoms with Crippen molar-refractivity contribution >= 4 is 5.97 Å². The quantitative estimate of drug-likeness (QED) is 0.825. The van der Waals surface area contributed by atoms with Gasteiger partial charge in [-0.05, 0) is 42.7 Å². The highest BCUT2D eigenvalue weighted by atomic mass is 16.5. The van der Waals surface area contributed by atoms with Gasteiger partial charge in [0.05, 0.1) is 0 Å². The number of aromatic hydroxyl groups is 1. The molecule has 1 saturated carbocycles. The second kappa shape index (κ2) is 5.24. The molecule has 1 aromatic rings. The molecule has 0 unspecified atom stereocenters. The minimum Gasteiger partial charge on any atom is -0.507 e. The summed E-state index contributed by atoms with van der Waals surface area (Å²) in [5.41, 5.74) is 0.458. The van der Waals surface area contributed by atoms with Gasteiger partial charge in [-0.25, -0.2) is 4.79 Å². The first-order valence-electron chi connectivity index (χ1n) is 6.86. The Hall–Kier alpha value is -1.51. The van der Waals surface area contributed by atoms with Gasteiger partial charge < -0.3 is 9.84 Å². The number of para-hydroxylation sites is 1. The van der Waals surface area contributed by atoms with Gasteiger partial charge in [0.2, 0.25) is 0 Å². The number of phenolic OH excluding ortho intramolecular Hbond substituents is 1. The fourth-order valence-electron chi connectivity index (χ4n) is 3.21. The zero-order chi connectivity index (χ0) is 14.0. The van der Waals surface area contributed by atoms with E-state index >= 15 is 0 Å². The van der Waals surface area contributed by atoms with Gasteiger partial charge in [-0.3, -0.25) is 0 Å². The first-order chi connectivity index (χ1) is 8.87. The van der Waals surface area contributed by atoms with Gasteiger partial charge in [0.25, 0.3) is 0 Å². The lowest BCUT2D eigenvalue weighted by molar-refractivity contribution is -0.00734. The number of benzene rings is 1. The highest BCUT2D eigenvalue weighted by molar-refractivity contribution is 5.92. The van der Waals surface area contributed by atoms with Gasteiger partial charge >= 0.3 is 5.97 Å². The van der Waals surface area contributed by atoms with Crippen molar-refractivity contribution in [3.8, 4) is 5.75 Å². The first kappa shape index (κ1) is 13.9. The van der Waals surface area contributed by atoms with Crippen LogP contribution in [0.2, 0.25) is 0 Å². The molecule has 3 heteroatoms. The normalized spacial score (nSPS) is 25.8. The van der Waals surface area contributed by atoms with E-state index in [0.29, 0.717) is 5.92 Å². The summed E-state index contributed by atoms with van der Waals surface area (Å²) in [7, 11) is 0. The molecule has 2 rings (SSSR count). The van der Waals surface area contributed by atoms with Crippen molar-refractivity contribution in [2.45, 2.75) is 46.1 Å². The molecule has 0 amide bonds. The third-order valence-corrected chi connectivity index (χ3v) is 3.74. The van der Waals surface area contributed by atoms with Gasteiger partial charge in [0.15, 0.2) is 0 Å². The van der Waals surface area contributed by atoms with Crippen molar-refractivity contribution in [2.24, 2.45) is 11.3 Å². The van der Waals surface area contributed by atoms with E-state index in [2.05, 4.69) is 20.8 Å². The predicted molar refractivity (Wildman–Crippen MR) is 74.1 cm³/mol. The Kier molecular flexibility index (Phi) is 3.83. The van der Waals surface area contributed by atoms with Crippen molar-refractivity contribution < 1.29 is 14.6 Å². The van der Waals surface area contributed by atoms with Crippen LogP contribution >= 0.6 is 0 Å². The fraction of sp³-hybridized carbons (Fsp3) is 0.562. The number of carbonyl (C=O) groups excluding carboxylic acids is 1. The number of hydrogen-bond acceptors (Lipinski definition) is 3. The minimum absolute atomic E-state index is 0.0179. The first-order valence-corrected chi connectivity index (χ1v) is 6.86. The van der Waals surface area contributed by atoms with Gasteiger partial charge in [0.1, 0.15) is 17.4 Å². The third-order valence-electron chi connectivity index (χ3n) is 3.74. The van der Waals surface area contributed by atoms with Crippen LogP contribution in [0.5, 0.6) is 5.75 Å². The monoisotopic (exact) mass is 262 g/mol. The molecule has 1 aliphatic carbocycles. The molecule has 0 bridgehead atoms. The SMILES string of the molecule is C[C@@H]1C[C@@H](OC(=O)c2ccccc2O)CC(C)(C)C1. The number of ether oxygens (including phenoxy) is 1. The van der Waals surface area contributed by atoms with Crippen LogP contribution in [-0.4, -0.2) is 17.2 Å². The number of hydrogen-bond donors (Lipinski definition) is 1. The maximum absolute atomic E-state index is 12.1. The van der Waals surface area contributed by atoms with Crippen LogP contribution in [0.1, 0.15) is 50.4 Å². The number of rotatable bonds is 2. The Labute approximate surface area is 114 Å². The maximum Gasteiger partial charge on any atom is 0.342 e. The van der Waals surface area contributed by atoms with E-state index in [1.807, 2.05) is 0 Å². The summed E-state index contributed by atoms with van der Waals surface area (Å²) in [6, 6.07) is 6.51. The summed E-state index contributed by atoms with van der Waals surface area (Å²) in [6.07, 6.45) is 2.91. The van der Waals surface area contributed by atoms with E-state index in [0.717, 1.165) is 19.3 Å². The summed E-state index contributed by atoms with van der Waals surface area (Å²) in [4.78, 5) is 12.1. The van der Waals surface area contributed by atoms with Crippen LogP contribution in [0.25, 0.3) is 0 Å². The Bertz CT molecular complexity index is 465. The van der Waals surface area contributed by atoms with Crippen LogP contribution < -0.4 is 0 Å². The van der Waals surface area contributed by atoms with E-state index in [-0.39, 0.29) is 22.8 Å². The van der Waals surface area contributed by atoms with Gasteiger partial charge in [-0.2, -0.15) is 0 Å². The van der Waals surface area contributed by atoms with Gasteiger partial charge in [0, 0.05) is 0 Å². The average molecular weight is 262 g/mol. The molecule has 0 saturated heterocycles. The third kappa shape index (κ3) is 3.49. The van der Waals surface area contributed by atoms with Crippen LogP contribution in [0.3, 0.4) is 0 Å². The Morgan fingerprint density at radius 2 is 2.00 bits per heavy atom. The summed E-state index contributed by atoms with van der Waals surface area (Å²) >= 11 is 0. The standard InChI is InChI=1S/C16H22O3/c1-11-8-12(10-16(2,3)9-11)19-15(18)13-6-4-5-7-14(13)17/h4-7,11-12,17H,8-10H2,1-3H3/t11-,12-/m1/s1. The van der Waals surface area contributed by atoms with Gasteiger partial charge in [-0.15, -0.1) is 0 Å².